The van der Waals surface area contributed by atoms with Crippen molar-refractivity contribution >= 4 is 5.82 Å². The fourth-order valence-corrected chi connectivity index (χ4v) is 1.64. The molecule has 17 heavy (non-hydrogen) atoms. The summed E-state index contributed by atoms with van der Waals surface area (Å²) in [5.74, 6) is 1.66. The smallest absolute Gasteiger partial charge is 0.130 e. The van der Waals surface area contributed by atoms with Crippen molar-refractivity contribution in [3.63, 3.8) is 0 Å². The van der Waals surface area contributed by atoms with E-state index in [2.05, 4.69) is 27.3 Å². The molecular weight excluding hydrogens is 214 g/mol. The standard InChI is InChI=1S/C12H17N5/c1-4-10-7-12(15-9(2)14-10)13-8-11-5-6-17(3)16-11/h5-7H,4,8H2,1-3H3,(H,13,14,15). The van der Waals surface area contributed by atoms with Gasteiger partial charge < -0.3 is 5.32 Å². The fraction of sp³-hybridized carbons (Fsp3) is 0.417. The van der Waals surface area contributed by atoms with Crippen LogP contribution >= 0.6 is 0 Å². The Kier molecular flexibility index (Phi) is 3.37. The van der Waals surface area contributed by atoms with Crippen LogP contribution in [-0.4, -0.2) is 19.7 Å². The van der Waals surface area contributed by atoms with Gasteiger partial charge in [0.2, 0.25) is 0 Å². The van der Waals surface area contributed by atoms with Gasteiger partial charge in [0.15, 0.2) is 0 Å². The van der Waals surface area contributed by atoms with Crippen LogP contribution in [0, 0.1) is 6.92 Å². The van der Waals surface area contributed by atoms with Crippen LogP contribution in [0.3, 0.4) is 0 Å². The van der Waals surface area contributed by atoms with Gasteiger partial charge in [0.25, 0.3) is 0 Å². The van der Waals surface area contributed by atoms with Gasteiger partial charge in [-0.15, -0.1) is 0 Å². The number of hydrogen-bond donors (Lipinski definition) is 1. The normalized spacial score (nSPS) is 10.5. The van der Waals surface area contributed by atoms with E-state index in [-0.39, 0.29) is 0 Å². The molecule has 0 saturated carbocycles. The third-order valence-corrected chi connectivity index (χ3v) is 2.47. The van der Waals surface area contributed by atoms with Crippen LogP contribution in [0.4, 0.5) is 5.82 Å². The second-order valence-corrected chi connectivity index (χ2v) is 3.98. The minimum absolute atomic E-state index is 0.681. The molecule has 90 valence electrons. The van der Waals surface area contributed by atoms with Gasteiger partial charge in [0.1, 0.15) is 11.6 Å². The van der Waals surface area contributed by atoms with E-state index in [4.69, 9.17) is 0 Å². The van der Waals surface area contributed by atoms with E-state index in [0.717, 1.165) is 29.5 Å². The largest absolute Gasteiger partial charge is 0.364 e. The van der Waals surface area contributed by atoms with Crippen LogP contribution in [0.2, 0.25) is 0 Å². The maximum atomic E-state index is 4.35. The molecule has 2 aromatic heterocycles. The molecule has 0 aliphatic carbocycles. The maximum Gasteiger partial charge on any atom is 0.130 e. The molecule has 5 nitrogen and oxygen atoms in total. The van der Waals surface area contributed by atoms with E-state index in [1.165, 1.54) is 0 Å². The van der Waals surface area contributed by atoms with Gasteiger partial charge in [-0.05, 0) is 19.4 Å². The van der Waals surface area contributed by atoms with Crippen LogP contribution in [0.25, 0.3) is 0 Å². The van der Waals surface area contributed by atoms with Gasteiger partial charge in [0, 0.05) is 25.0 Å². The second-order valence-electron chi connectivity index (χ2n) is 3.98. The summed E-state index contributed by atoms with van der Waals surface area (Å²) >= 11 is 0. The zero-order chi connectivity index (χ0) is 12.3. The lowest BCUT2D eigenvalue weighted by Gasteiger charge is -2.06. The highest BCUT2D eigenvalue weighted by atomic mass is 15.3. The Morgan fingerprint density at radius 3 is 2.76 bits per heavy atom. The molecule has 1 N–H and O–H groups in total. The number of hydrogen-bond acceptors (Lipinski definition) is 4. The molecule has 0 aliphatic rings. The second kappa shape index (κ2) is 4.95. The number of aromatic nitrogens is 4. The van der Waals surface area contributed by atoms with Crippen LogP contribution < -0.4 is 5.32 Å². The predicted octanol–water partition coefficient (Wildman–Crippen LogP) is 1.69. The summed E-state index contributed by atoms with van der Waals surface area (Å²) in [6.07, 6.45) is 2.85. The lowest BCUT2D eigenvalue weighted by molar-refractivity contribution is 0.746. The lowest BCUT2D eigenvalue weighted by atomic mass is 10.3. The molecule has 2 heterocycles. The molecule has 0 saturated heterocycles. The fourth-order valence-electron chi connectivity index (χ4n) is 1.64. The maximum absolute atomic E-state index is 4.35. The Hall–Kier alpha value is -1.91. The zero-order valence-corrected chi connectivity index (χ0v) is 10.4. The molecular formula is C12H17N5. The summed E-state index contributed by atoms with van der Waals surface area (Å²) in [4.78, 5) is 8.69. The van der Waals surface area contributed by atoms with E-state index in [1.54, 1.807) is 4.68 Å². The summed E-state index contributed by atoms with van der Waals surface area (Å²) < 4.78 is 1.79. The van der Waals surface area contributed by atoms with Gasteiger partial charge in [0.05, 0.1) is 12.2 Å². The first-order valence-electron chi connectivity index (χ1n) is 5.74. The summed E-state index contributed by atoms with van der Waals surface area (Å²) in [5, 5.41) is 7.56. The van der Waals surface area contributed by atoms with Crippen LogP contribution in [0.1, 0.15) is 24.1 Å². The summed E-state index contributed by atoms with van der Waals surface area (Å²) in [6.45, 7) is 4.68. The predicted molar refractivity (Wildman–Crippen MR) is 66.7 cm³/mol. The third kappa shape index (κ3) is 3.03. The molecule has 0 fully saturated rings. The minimum Gasteiger partial charge on any atom is -0.364 e. The van der Waals surface area contributed by atoms with Crippen molar-refractivity contribution in [2.45, 2.75) is 26.8 Å². The minimum atomic E-state index is 0.681. The summed E-state index contributed by atoms with van der Waals surface area (Å²) in [7, 11) is 1.91. The average molecular weight is 231 g/mol. The van der Waals surface area contributed by atoms with Gasteiger partial charge in [-0.3, -0.25) is 4.68 Å². The Bertz CT molecular complexity index is 503. The lowest BCUT2D eigenvalue weighted by Crippen LogP contribution is -2.05. The number of aryl methyl sites for hydroxylation is 3. The van der Waals surface area contributed by atoms with Crippen molar-refractivity contribution in [1.82, 2.24) is 19.7 Å². The van der Waals surface area contributed by atoms with Crippen molar-refractivity contribution in [2.75, 3.05) is 5.32 Å². The van der Waals surface area contributed by atoms with Crippen molar-refractivity contribution in [1.29, 1.82) is 0 Å². The Morgan fingerprint density at radius 2 is 2.12 bits per heavy atom. The molecule has 0 aliphatic heterocycles. The van der Waals surface area contributed by atoms with E-state index >= 15 is 0 Å². The van der Waals surface area contributed by atoms with Crippen LogP contribution in [0.5, 0.6) is 0 Å². The zero-order valence-electron chi connectivity index (χ0n) is 10.4. The molecule has 0 amide bonds. The van der Waals surface area contributed by atoms with Crippen molar-refractivity contribution in [3.05, 3.63) is 35.5 Å². The molecule has 0 unspecified atom stereocenters. The molecule has 0 radical (unpaired) electrons. The Balaban J connectivity index is 2.05. The molecule has 2 rings (SSSR count). The van der Waals surface area contributed by atoms with E-state index in [1.807, 2.05) is 32.3 Å². The van der Waals surface area contributed by atoms with Gasteiger partial charge in [-0.25, -0.2) is 9.97 Å². The first-order valence-corrected chi connectivity index (χ1v) is 5.74. The molecule has 2 aromatic rings. The summed E-state index contributed by atoms with van der Waals surface area (Å²) in [6, 6.07) is 3.97. The molecule has 0 spiro atoms. The highest BCUT2D eigenvalue weighted by Gasteiger charge is 2.01. The van der Waals surface area contributed by atoms with Gasteiger partial charge in [-0.2, -0.15) is 5.10 Å². The molecule has 0 atom stereocenters. The highest BCUT2D eigenvalue weighted by Crippen LogP contribution is 2.08. The van der Waals surface area contributed by atoms with Crippen molar-refractivity contribution in [3.8, 4) is 0 Å². The number of anilines is 1. The Labute approximate surface area is 101 Å². The average Bonchev–Trinajstić information content (AvgIpc) is 2.72. The number of nitrogens with zero attached hydrogens (tertiary/aromatic N) is 4. The first kappa shape index (κ1) is 11.6. The third-order valence-electron chi connectivity index (χ3n) is 2.47. The van der Waals surface area contributed by atoms with E-state index < -0.39 is 0 Å². The molecule has 0 bridgehead atoms. The number of nitrogens with one attached hydrogen (secondary N) is 1. The topological polar surface area (TPSA) is 55.6 Å². The Morgan fingerprint density at radius 1 is 1.29 bits per heavy atom. The molecule has 0 aromatic carbocycles. The summed E-state index contributed by atoms with van der Waals surface area (Å²) in [5.41, 5.74) is 2.06. The van der Waals surface area contributed by atoms with E-state index in [9.17, 15) is 0 Å². The van der Waals surface area contributed by atoms with Crippen LogP contribution in [0.15, 0.2) is 18.3 Å². The van der Waals surface area contributed by atoms with Crippen molar-refractivity contribution in [2.24, 2.45) is 7.05 Å². The highest BCUT2D eigenvalue weighted by molar-refractivity contribution is 5.36. The first-order chi connectivity index (χ1) is 8.17. The number of rotatable bonds is 4. The van der Waals surface area contributed by atoms with Gasteiger partial charge in [-0.1, -0.05) is 6.92 Å². The monoisotopic (exact) mass is 231 g/mol. The molecule has 5 heteroatoms. The quantitative estimate of drug-likeness (QED) is 0.870. The van der Waals surface area contributed by atoms with Gasteiger partial charge >= 0.3 is 0 Å². The van der Waals surface area contributed by atoms with E-state index in [0.29, 0.717) is 6.54 Å². The van der Waals surface area contributed by atoms with Crippen LogP contribution in [-0.2, 0) is 20.0 Å². The SMILES string of the molecule is CCc1cc(NCc2ccn(C)n2)nc(C)n1. The van der Waals surface area contributed by atoms with Crippen molar-refractivity contribution < 1.29 is 0 Å².